The molecule has 0 saturated heterocycles. The molecule has 0 amide bonds. The number of nitrogens with zero attached hydrogens (tertiary/aromatic N) is 3. The lowest BCUT2D eigenvalue weighted by Crippen LogP contribution is -2.44. The second kappa shape index (κ2) is 10.1. The van der Waals surface area contributed by atoms with Crippen LogP contribution in [-0.4, -0.2) is 42.2 Å². The van der Waals surface area contributed by atoms with Gasteiger partial charge in [0.1, 0.15) is 22.9 Å². The number of aliphatic imine (C=N–C) groups is 1. The van der Waals surface area contributed by atoms with Crippen molar-refractivity contribution in [1.29, 1.82) is 0 Å². The lowest BCUT2D eigenvalue weighted by atomic mass is 10.0. The van der Waals surface area contributed by atoms with Crippen molar-refractivity contribution >= 4 is 11.8 Å². The van der Waals surface area contributed by atoms with Crippen molar-refractivity contribution in [2.24, 2.45) is 4.99 Å². The first kappa shape index (κ1) is 21.8. The standard InChI is InChI=1S/C21H33N5O2/c1-6-22-20(25-15-21(5,27)18-11-9-16(4)28-18)24-14-17-10-12-19(23-13-17)26(7-2)8-3/h9-13,27H,6-8,14-15H2,1-5H3,(H2,22,24,25). The Morgan fingerprint density at radius 2 is 1.93 bits per heavy atom. The van der Waals surface area contributed by atoms with Crippen LogP contribution in [0.3, 0.4) is 0 Å². The van der Waals surface area contributed by atoms with E-state index in [4.69, 9.17) is 4.42 Å². The average molecular weight is 388 g/mol. The van der Waals surface area contributed by atoms with Crippen LogP contribution < -0.4 is 15.5 Å². The Labute approximate surface area is 167 Å². The Hall–Kier alpha value is -2.54. The van der Waals surface area contributed by atoms with E-state index in [2.05, 4.69) is 45.4 Å². The molecule has 1 atom stereocenters. The molecule has 0 aromatic carbocycles. The van der Waals surface area contributed by atoms with Gasteiger partial charge in [-0.3, -0.25) is 0 Å². The van der Waals surface area contributed by atoms with Gasteiger partial charge in [0.25, 0.3) is 0 Å². The predicted octanol–water partition coefficient (Wildman–Crippen LogP) is 2.79. The van der Waals surface area contributed by atoms with Crippen molar-refractivity contribution in [3.05, 3.63) is 47.5 Å². The summed E-state index contributed by atoms with van der Waals surface area (Å²) >= 11 is 0. The molecule has 2 rings (SSSR count). The number of aryl methyl sites for hydroxylation is 1. The van der Waals surface area contributed by atoms with Crippen molar-refractivity contribution in [3.8, 4) is 0 Å². The molecule has 2 heterocycles. The van der Waals surface area contributed by atoms with Gasteiger partial charge in [-0.15, -0.1) is 0 Å². The highest BCUT2D eigenvalue weighted by Gasteiger charge is 2.27. The van der Waals surface area contributed by atoms with E-state index in [1.165, 1.54) is 0 Å². The topological polar surface area (TPSA) is 85.9 Å². The summed E-state index contributed by atoms with van der Waals surface area (Å²) in [7, 11) is 0. The lowest BCUT2D eigenvalue weighted by Gasteiger charge is -2.23. The number of hydrogen-bond donors (Lipinski definition) is 3. The Balaban J connectivity index is 2.00. The van der Waals surface area contributed by atoms with Crippen LogP contribution in [0.15, 0.2) is 39.9 Å². The van der Waals surface area contributed by atoms with E-state index in [1.54, 1.807) is 13.0 Å². The summed E-state index contributed by atoms with van der Waals surface area (Å²) in [5.74, 6) is 2.92. The molecule has 3 N–H and O–H groups in total. The van der Waals surface area contributed by atoms with Gasteiger partial charge in [0, 0.05) is 25.8 Å². The SMILES string of the molecule is CCNC(=NCc1ccc(N(CC)CC)nc1)NCC(C)(O)c1ccc(C)o1. The first-order chi connectivity index (χ1) is 13.4. The van der Waals surface area contributed by atoms with Gasteiger partial charge < -0.3 is 25.1 Å². The molecular weight excluding hydrogens is 354 g/mol. The maximum atomic E-state index is 10.7. The highest BCUT2D eigenvalue weighted by molar-refractivity contribution is 5.79. The molecule has 0 spiro atoms. The minimum Gasteiger partial charge on any atom is -0.463 e. The van der Waals surface area contributed by atoms with E-state index in [9.17, 15) is 5.11 Å². The maximum Gasteiger partial charge on any atom is 0.191 e. The first-order valence-electron chi connectivity index (χ1n) is 9.91. The summed E-state index contributed by atoms with van der Waals surface area (Å²) in [6, 6.07) is 7.72. The smallest absolute Gasteiger partial charge is 0.191 e. The molecule has 7 nitrogen and oxygen atoms in total. The quantitative estimate of drug-likeness (QED) is 0.453. The van der Waals surface area contributed by atoms with E-state index >= 15 is 0 Å². The number of furan rings is 1. The molecule has 0 fully saturated rings. The minimum absolute atomic E-state index is 0.283. The number of pyridine rings is 1. The zero-order chi connectivity index (χ0) is 20.6. The summed E-state index contributed by atoms with van der Waals surface area (Å²) < 4.78 is 5.56. The van der Waals surface area contributed by atoms with Gasteiger partial charge in [-0.25, -0.2) is 9.98 Å². The Morgan fingerprint density at radius 3 is 2.46 bits per heavy atom. The van der Waals surface area contributed by atoms with Crippen molar-refractivity contribution in [1.82, 2.24) is 15.6 Å². The van der Waals surface area contributed by atoms with Crippen LogP contribution in [0.2, 0.25) is 0 Å². The molecule has 0 radical (unpaired) electrons. The monoisotopic (exact) mass is 387 g/mol. The van der Waals surface area contributed by atoms with Gasteiger partial charge in [0.2, 0.25) is 0 Å². The maximum absolute atomic E-state index is 10.7. The molecule has 154 valence electrons. The van der Waals surface area contributed by atoms with Gasteiger partial charge in [0.05, 0.1) is 13.1 Å². The third kappa shape index (κ3) is 5.99. The molecule has 7 heteroatoms. The van der Waals surface area contributed by atoms with Crippen LogP contribution in [0.5, 0.6) is 0 Å². The highest BCUT2D eigenvalue weighted by atomic mass is 16.4. The van der Waals surface area contributed by atoms with Crippen LogP contribution in [0.25, 0.3) is 0 Å². The fourth-order valence-corrected chi connectivity index (χ4v) is 2.82. The Kier molecular flexibility index (Phi) is 7.87. The molecule has 28 heavy (non-hydrogen) atoms. The zero-order valence-electron chi connectivity index (χ0n) is 17.6. The van der Waals surface area contributed by atoms with Crippen molar-refractivity contribution in [2.75, 3.05) is 31.1 Å². The second-order valence-corrected chi connectivity index (χ2v) is 6.93. The van der Waals surface area contributed by atoms with Crippen LogP contribution in [0.1, 0.15) is 44.8 Å². The Morgan fingerprint density at radius 1 is 1.18 bits per heavy atom. The molecular formula is C21H33N5O2. The molecule has 0 saturated carbocycles. The van der Waals surface area contributed by atoms with E-state index in [0.29, 0.717) is 18.3 Å². The normalized spacial score (nSPS) is 13.9. The molecule has 0 bridgehead atoms. The lowest BCUT2D eigenvalue weighted by molar-refractivity contribution is 0.0378. The third-order valence-electron chi connectivity index (χ3n) is 4.53. The fraction of sp³-hybridized carbons (Fsp3) is 0.524. The fourth-order valence-electron chi connectivity index (χ4n) is 2.82. The van der Waals surface area contributed by atoms with Crippen molar-refractivity contribution in [3.63, 3.8) is 0 Å². The second-order valence-electron chi connectivity index (χ2n) is 6.93. The van der Waals surface area contributed by atoms with Crippen LogP contribution >= 0.6 is 0 Å². The van der Waals surface area contributed by atoms with Crippen molar-refractivity contribution in [2.45, 2.75) is 46.8 Å². The van der Waals surface area contributed by atoms with Gasteiger partial charge in [-0.05, 0) is 58.4 Å². The van der Waals surface area contributed by atoms with E-state index in [1.807, 2.05) is 32.2 Å². The summed E-state index contributed by atoms with van der Waals surface area (Å²) in [5.41, 5.74) is -0.0984. The van der Waals surface area contributed by atoms with Crippen molar-refractivity contribution < 1.29 is 9.52 Å². The van der Waals surface area contributed by atoms with Gasteiger partial charge in [-0.1, -0.05) is 6.07 Å². The number of anilines is 1. The summed E-state index contributed by atoms with van der Waals surface area (Å²) in [6.45, 7) is 13.2. The molecule has 1 unspecified atom stereocenters. The number of hydrogen-bond acceptors (Lipinski definition) is 5. The number of nitrogens with one attached hydrogen (secondary N) is 2. The average Bonchev–Trinajstić information content (AvgIpc) is 3.13. The first-order valence-corrected chi connectivity index (χ1v) is 9.91. The summed E-state index contributed by atoms with van der Waals surface area (Å²) in [6.07, 6.45) is 1.86. The summed E-state index contributed by atoms with van der Waals surface area (Å²) in [4.78, 5) is 11.3. The number of aromatic nitrogens is 1. The van der Waals surface area contributed by atoms with Gasteiger partial charge >= 0.3 is 0 Å². The molecule has 0 aliphatic rings. The highest BCUT2D eigenvalue weighted by Crippen LogP contribution is 2.21. The summed E-state index contributed by atoms with van der Waals surface area (Å²) in [5, 5.41) is 17.1. The van der Waals surface area contributed by atoms with Crippen LogP contribution in [-0.2, 0) is 12.1 Å². The minimum atomic E-state index is -1.13. The molecule has 0 aliphatic heterocycles. The third-order valence-corrected chi connectivity index (χ3v) is 4.53. The Bertz CT molecular complexity index is 748. The molecule has 2 aromatic rings. The van der Waals surface area contributed by atoms with Crippen LogP contribution in [0.4, 0.5) is 5.82 Å². The van der Waals surface area contributed by atoms with Gasteiger partial charge in [-0.2, -0.15) is 0 Å². The largest absolute Gasteiger partial charge is 0.463 e. The zero-order valence-corrected chi connectivity index (χ0v) is 17.6. The van der Waals surface area contributed by atoms with Crippen LogP contribution in [0, 0.1) is 6.92 Å². The van der Waals surface area contributed by atoms with E-state index < -0.39 is 5.60 Å². The predicted molar refractivity (Wildman–Crippen MR) is 114 cm³/mol. The van der Waals surface area contributed by atoms with E-state index in [-0.39, 0.29) is 6.54 Å². The number of guanidine groups is 1. The number of rotatable bonds is 9. The van der Waals surface area contributed by atoms with E-state index in [0.717, 1.165) is 36.8 Å². The molecule has 2 aromatic heterocycles. The van der Waals surface area contributed by atoms with Gasteiger partial charge in [0.15, 0.2) is 5.96 Å². The number of aliphatic hydroxyl groups is 1. The molecule has 0 aliphatic carbocycles.